The van der Waals surface area contributed by atoms with E-state index in [0.717, 1.165) is 31.6 Å². The quantitative estimate of drug-likeness (QED) is 0.611. The molecule has 1 aromatic carbocycles. The molecule has 0 aliphatic carbocycles. The third-order valence-corrected chi connectivity index (χ3v) is 3.58. The van der Waals surface area contributed by atoms with Crippen molar-refractivity contribution < 1.29 is 4.74 Å². The lowest BCUT2D eigenvalue weighted by atomic mass is 9.97. The highest BCUT2D eigenvalue weighted by molar-refractivity contribution is 5.84. The van der Waals surface area contributed by atoms with Crippen LogP contribution in [0.5, 0.6) is 0 Å². The lowest BCUT2D eigenvalue weighted by molar-refractivity contribution is 0.108. The number of ether oxygens (including phenoxy) is 1. The van der Waals surface area contributed by atoms with Gasteiger partial charge in [-0.3, -0.25) is 10.3 Å². The molecule has 0 saturated carbocycles. The lowest BCUT2D eigenvalue weighted by Gasteiger charge is -2.23. The summed E-state index contributed by atoms with van der Waals surface area (Å²) in [5.41, 5.74) is 6.86. The molecule has 1 heterocycles. The van der Waals surface area contributed by atoms with E-state index in [2.05, 4.69) is 4.90 Å². The second-order valence-corrected chi connectivity index (χ2v) is 4.82. The number of likely N-dealkylation sites (tertiary alicyclic amines) is 1. The van der Waals surface area contributed by atoms with E-state index in [0.29, 0.717) is 6.10 Å². The van der Waals surface area contributed by atoms with Gasteiger partial charge in [-0.05, 0) is 12.0 Å². The first kappa shape index (κ1) is 13.1. The first-order chi connectivity index (χ1) is 8.70. The zero-order valence-corrected chi connectivity index (χ0v) is 10.8. The summed E-state index contributed by atoms with van der Waals surface area (Å²) in [6.45, 7) is 2.77. The zero-order valence-electron chi connectivity index (χ0n) is 10.8. The Morgan fingerprint density at radius 2 is 2.22 bits per heavy atom. The molecule has 1 saturated heterocycles. The molecule has 2 atom stereocenters. The summed E-state index contributed by atoms with van der Waals surface area (Å²) in [5, 5.41) is 7.77. The molecule has 1 fully saturated rings. The maximum atomic E-state index is 7.77. The van der Waals surface area contributed by atoms with Crippen molar-refractivity contribution in [3.05, 3.63) is 35.9 Å². The number of hydrogen-bond acceptors (Lipinski definition) is 3. The van der Waals surface area contributed by atoms with E-state index in [1.54, 1.807) is 7.11 Å². The van der Waals surface area contributed by atoms with E-state index < -0.39 is 0 Å². The third-order valence-electron chi connectivity index (χ3n) is 3.58. The van der Waals surface area contributed by atoms with Crippen LogP contribution in [0.1, 0.15) is 17.9 Å². The van der Waals surface area contributed by atoms with Crippen LogP contribution >= 0.6 is 0 Å². The molecule has 3 N–H and O–H groups in total. The Morgan fingerprint density at radius 1 is 1.50 bits per heavy atom. The fourth-order valence-corrected chi connectivity index (χ4v) is 2.48. The lowest BCUT2D eigenvalue weighted by Crippen LogP contribution is -2.34. The van der Waals surface area contributed by atoms with Crippen molar-refractivity contribution >= 4 is 5.84 Å². The minimum atomic E-state index is -0.0122. The Balaban J connectivity index is 2.02. The number of hydrogen-bond donors (Lipinski definition) is 2. The van der Waals surface area contributed by atoms with Gasteiger partial charge in [0, 0.05) is 26.7 Å². The number of methoxy groups -OCH3 is 1. The van der Waals surface area contributed by atoms with Crippen LogP contribution in [0.25, 0.3) is 0 Å². The first-order valence-electron chi connectivity index (χ1n) is 6.34. The Hall–Kier alpha value is -1.39. The Morgan fingerprint density at radius 3 is 2.78 bits per heavy atom. The molecule has 0 spiro atoms. The summed E-state index contributed by atoms with van der Waals surface area (Å²) >= 11 is 0. The second-order valence-electron chi connectivity index (χ2n) is 4.82. The van der Waals surface area contributed by atoms with E-state index in [1.807, 2.05) is 30.3 Å². The summed E-state index contributed by atoms with van der Waals surface area (Å²) in [7, 11) is 1.76. The second kappa shape index (κ2) is 5.98. The summed E-state index contributed by atoms with van der Waals surface area (Å²) in [6, 6.07) is 10.0. The highest BCUT2D eigenvalue weighted by Gasteiger charge is 2.26. The SMILES string of the molecule is COC1CCN(CC(C(=N)N)c2ccccc2)C1. The summed E-state index contributed by atoms with van der Waals surface area (Å²) < 4.78 is 5.36. The normalized spacial score (nSPS) is 21.9. The maximum absolute atomic E-state index is 7.77. The minimum absolute atomic E-state index is 0.0122. The van der Waals surface area contributed by atoms with Gasteiger partial charge in [0.2, 0.25) is 0 Å². The van der Waals surface area contributed by atoms with Crippen LogP contribution < -0.4 is 5.73 Å². The number of nitrogens with two attached hydrogens (primary N) is 1. The highest BCUT2D eigenvalue weighted by atomic mass is 16.5. The average Bonchev–Trinajstić information content (AvgIpc) is 2.84. The zero-order chi connectivity index (χ0) is 13.0. The van der Waals surface area contributed by atoms with Gasteiger partial charge in [-0.25, -0.2) is 0 Å². The van der Waals surface area contributed by atoms with Gasteiger partial charge in [0.1, 0.15) is 0 Å². The smallest absolute Gasteiger partial charge is 0.0995 e. The minimum Gasteiger partial charge on any atom is -0.387 e. The molecule has 0 bridgehead atoms. The van der Waals surface area contributed by atoms with Crippen LogP contribution in [-0.4, -0.2) is 43.6 Å². The molecular formula is C14H21N3O. The average molecular weight is 247 g/mol. The molecule has 1 aliphatic heterocycles. The van der Waals surface area contributed by atoms with E-state index in [-0.39, 0.29) is 11.8 Å². The molecule has 0 amide bonds. The van der Waals surface area contributed by atoms with Gasteiger partial charge in [-0.15, -0.1) is 0 Å². The predicted octanol–water partition coefficient (Wildman–Crippen LogP) is 1.43. The van der Waals surface area contributed by atoms with Gasteiger partial charge < -0.3 is 10.5 Å². The van der Waals surface area contributed by atoms with Crippen LogP contribution in [0.15, 0.2) is 30.3 Å². The van der Waals surface area contributed by atoms with Crippen molar-refractivity contribution in [2.24, 2.45) is 5.73 Å². The van der Waals surface area contributed by atoms with Crippen LogP contribution in [0.4, 0.5) is 0 Å². The van der Waals surface area contributed by atoms with Crippen molar-refractivity contribution in [3.8, 4) is 0 Å². The number of nitrogens with one attached hydrogen (secondary N) is 1. The molecule has 1 aromatic rings. The van der Waals surface area contributed by atoms with Crippen LogP contribution in [-0.2, 0) is 4.74 Å². The van der Waals surface area contributed by atoms with E-state index in [4.69, 9.17) is 15.9 Å². The van der Waals surface area contributed by atoms with Gasteiger partial charge in [0.25, 0.3) is 0 Å². The van der Waals surface area contributed by atoms with Gasteiger partial charge in [-0.1, -0.05) is 30.3 Å². The molecule has 1 aliphatic rings. The van der Waals surface area contributed by atoms with E-state index in [1.165, 1.54) is 0 Å². The van der Waals surface area contributed by atoms with Crippen LogP contribution in [0, 0.1) is 5.41 Å². The van der Waals surface area contributed by atoms with E-state index >= 15 is 0 Å². The van der Waals surface area contributed by atoms with Crippen molar-refractivity contribution in [2.45, 2.75) is 18.4 Å². The number of amidine groups is 1. The summed E-state index contributed by atoms with van der Waals surface area (Å²) in [5.74, 6) is 0.226. The van der Waals surface area contributed by atoms with Crippen molar-refractivity contribution in [3.63, 3.8) is 0 Å². The predicted molar refractivity (Wildman–Crippen MR) is 73.0 cm³/mol. The molecule has 4 heteroatoms. The standard InChI is InChI=1S/C14H21N3O/c1-18-12-7-8-17(9-12)10-13(14(15)16)11-5-3-2-4-6-11/h2-6,12-13H,7-10H2,1H3,(H3,15,16). The molecule has 18 heavy (non-hydrogen) atoms. The molecule has 2 unspecified atom stereocenters. The van der Waals surface area contributed by atoms with Crippen molar-refractivity contribution in [1.82, 2.24) is 4.90 Å². The number of benzene rings is 1. The molecule has 98 valence electrons. The summed E-state index contributed by atoms with van der Waals surface area (Å²) in [4.78, 5) is 2.33. The first-order valence-corrected chi connectivity index (χ1v) is 6.34. The Labute approximate surface area is 108 Å². The number of rotatable bonds is 5. The molecule has 0 radical (unpaired) electrons. The summed E-state index contributed by atoms with van der Waals surface area (Å²) in [6.07, 6.45) is 1.39. The number of nitrogens with zero attached hydrogens (tertiary/aromatic N) is 1. The molecule has 0 aromatic heterocycles. The Kier molecular flexibility index (Phi) is 4.33. The molecular weight excluding hydrogens is 226 g/mol. The molecule has 2 rings (SSSR count). The van der Waals surface area contributed by atoms with Gasteiger partial charge >= 0.3 is 0 Å². The van der Waals surface area contributed by atoms with Gasteiger partial charge in [0.15, 0.2) is 0 Å². The largest absolute Gasteiger partial charge is 0.387 e. The van der Waals surface area contributed by atoms with Crippen molar-refractivity contribution in [1.29, 1.82) is 5.41 Å². The fraction of sp³-hybridized carbons (Fsp3) is 0.500. The monoisotopic (exact) mass is 247 g/mol. The van der Waals surface area contributed by atoms with Gasteiger partial charge in [0.05, 0.1) is 17.9 Å². The van der Waals surface area contributed by atoms with Crippen LogP contribution in [0.2, 0.25) is 0 Å². The van der Waals surface area contributed by atoms with Gasteiger partial charge in [-0.2, -0.15) is 0 Å². The molecule has 4 nitrogen and oxygen atoms in total. The van der Waals surface area contributed by atoms with Crippen LogP contribution in [0.3, 0.4) is 0 Å². The third kappa shape index (κ3) is 3.09. The van der Waals surface area contributed by atoms with E-state index in [9.17, 15) is 0 Å². The fourth-order valence-electron chi connectivity index (χ4n) is 2.48. The maximum Gasteiger partial charge on any atom is 0.0995 e. The topological polar surface area (TPSA) is 62.3 Å². The van der Waals surface area contributed by atoms with Crippen molar-refractivity contribution in [2.75, 3.05) is 26.7 Å². The Bertz CT molecular complexity index is 393. The highest BCUT2D eigenvalue weighted by Crippen LogP contribution is 2.20.